The first-order valence-electron chi connectivity index (χ1n) is 8.06. The maximum atomic E-state index is 13.5. The zero-order valence-electron chi connectivity index (χ0n) is 13.1. The number of piperidine rings is 2. The Morgan fingerprint density at radius 2 is 2.10 bits per heavy atom. The molecule has 0 saturated carbocycles. The van der Waals surface area contributed by atoms with E-state index < -0.39 is 0 Å². The maximum Gasteiger partial charge on any atom is 0.123 e. The Labute approximate surface area is 126 Å². The van der Waals surface area contributed by atoms with Crippen molar-refractivity contribution < 1.29 is 4.39 Å². The number of hydrogen-bond acceptors (Lipinski definition) is 3. The third kappa shape index (κ3) is 2.92. The summed E-state index contributed by atoms with van der Waals surface area (Å²) < 4.78 is 13.5. The summed E-state index contributed by atoms with van der Waals surface area (Å²) in [5.74, 6) is 0.529. The molecule has 0 aromatic heterocycles. The SMILES string of the molecule is C[C@@H](N)c1cc(F)ccc1N1CCC2C(CCCN2C)C1. The number of likely N-dealkylation sites (tertiary alicyclic amines) is 1. The van der Waals surface area contributed by atoms with Gasteiger partial charge in [-0.25, -0.2) is 4.39 Å². The Bertz CT molecular complexity index is 503. The summed E-state index contributed by atoms with van der Waals surface area (Å²) >= 11 is 0. The molecule has 2 fully saturated rings. The average molecular weight is 291 g/mol. The predicted octanol–water partition coefficient (Wildman–Crippen LogP) is 2.77. The van der Waals surface area contributed by atoms with Crippen LogP contribution in [0.15, 0.2) is 18.2 Å². The Hall–Kier alpha value is -1.13. The van der Waals surface area contributed by atoms with Gasteiger partial charge in [0.2, 0.25) is 0 Å². The lowest BCUT2D eigenvalue weighted by Gasteiger charge is -2.47. The summed E-state index contributed by atoms with van der Waals surface area (Å²) in [5.41, 5.74) is 8.09. The summed E-state index contributed by atoms with van der Waals surface area (Å²) in [5, 5.41) is 0. The van der Waals surface area contributed by atoms with Crippen LogP contribution in [0.1, 0.15) is 37.8 Å². The van der Waals surface area contributed by atoms with Gasteiger partial charge in [-0.05, 0) is 69.5 Å². The lowest BCUT2D eigenvalue weighted by Crippen LogP contribution is -2.53. The van der Waals surface area contributed by atoms with Gasteiger partial charge in [-0.15, -0.1) is 0 Å². The van der Waals surface area contributed by atoms with E-state index in [-0.39, 0.29) is 11.9 Å². The first-order chi connectivity index (χ1) is 10.1. The largest absolute Gasteiger partial charge is 0.371 e. The fraction of sp³-hybridized carbons (Fsp3) is 0.647. The van der Waals surface area contributed by atoms with Crippen molar-refractivity contribution in [3.05, 3.63) is 29.6 Å². The number of fused-ring (bicyclic) bond motifs is 1. The predicted molar refractivity (Wildman–Crippen MR) is 85.0 cm³/mol. The van der Waals surface area contributed by atoms with Gasteiger partial charge in [-0.3, -0.25) is 0 Å². The molecule has 21 heavy (non-hydrogen) atoms. The van der Waals surface area contributed by atoms with Crippen LogP contribution < -0.4 is 10.6 Å². The molecule has 0 amide bonds. The minimum absolute atomic E-state index is 0.137. The average Bonchev–Trinajstić information content (AvgIpc) is 2.47. The van der Waals surface area contributed by atoms with Gasteiger partial charge < -0.3 is 15.5 Å². The highest BCUT2D eigenvalue weighted by atomic mass is 19.1. The second-order valence-corrected chi connectivity index (χ2v) is 6.68. The number of anilines is 1. The number of benzene rings is 1. The molecule has 116 valence electrons. The minimum Gasteiger partial charge on any atom is -0.371 e. The van der Waals surface area contributed by atoms with Gasteiger partial charge in [-0.1, -0.05) is 0 Å². The monoisotopic (exact) mass is 291 g/mol. The normalized spacial score (nSPS) is 28.3. The Morgan fingerprint density at radius 1 is 1.29 bits per heavy atom. The number of rotatable bonds is 2. The van der Waals surface area contributed by atoms with Crippen LogP contribution in [-0.2, 0) is 0 Å². The number of halogens is 1. The van der Waals surface area contributed by atoms with Crippen molar-refractivity contribution in [1.29, 1.82) is 0 Å². The van der Waals surface area contributed by atoms with Crippen LogP contribution in [0.4, 0.5) is 10.1 Å². The molecule has 0 aliphatic carbocycles. The Kier molecular flexibility index (Phi) is 4.18. The van der Waals surface area contributed by atoms with Crippen molar-refractivity contribution in [3.8, 4) is 0 Å². The van der Waals surface area contributed by atoms with E-state index in [0.717, 1.165) is 30.3 Å². The molecule has 3 atom stereocenters. The molecule has 2 aliphatic rings. The summed E-state index contributed by atoms with van der Waals surface area (Å²) in [6, 6.07) is 5.64. The van der Waals surface area contributed by atoms with E-state index in [9.17, 15) is 4.39 Å². The van der Waals surface area contributed by atoms with Crippen molar-refractivity contribution in [3.63, 3.8) is 0 Å². The third-order valence-corrected chi connectivity index (χ3v) is 5.17. The summed E-state index contributed by atoms with van der Waals surface area (Å²) in [6.45, 7) is 5.26. The zero-order valence-corrected chi connectivity index (χ0v) is 13.1. The quantitative estimate of drug-likeness (QED) is 0.909. The minimum atomic E-state index is -0.196. The van der Waals surface area contributed by atoms with Crippen LogP contribution in [0.2, 0.25) is 0 Å². The lowest BCUT2D eigenvalue weighted by atomic mass is 9.83. The lowest BCUT2D eigenvalue weighted by molar-refractivity contribution is 0.102. The van der Waals surface area contributed by atoms with Gasteiger partial charge in [-0.2, -0.15) is 0 Å². The molecule has 1 aromatic rings. The van der Waals surface area contributed by atoms with Gasteiger partial charge in [0.1, 0.15) is 5.82 Å². The molecular weight excluding hydrogens is 265 g/mol. The molecular formula is C17H26FN3. The second-order valence-electron chi connectivity index (χ2n) is 6.68. The van der Waals surface area contributed by atoms with E-state index in [1.807, 2.05) is 13.0 Å². The molecule has 1 aromatic carbocycles. The summed E-state index contributed by atoms with van der Waals surface area (Å²) in [4.78, 5) is 4.93. The highest BCUT2D eigenvalue weighted by molar-refractivity contribution is 5.55. The zero-order chi connectivity index (χ0) is 15.0. The first-order valence-corrected chi connectivity index (χ1v) is 8.06. The number of nitrogens with two attached hydrogens (primary N) is 1. The van der Waals surface area contributed by atoms with Crippen molar-refractivity contribution in [2.45, 2.75) is 38.3 Å². The third-order valence-electron chi connectivity index (χ3n) is 5.17. The highest BCUT2D eigenvalue weighted by Gasteiger charge is 2.34. The van der Waals surface area contributed by atoms with Crippen molar-refractivity contribution in [2.75, 3.05) is 31.6 Å². The van der Waals surface area contributed by atoms with E-state index >= 15 is 0 Å². The van der Waals surface area contributed by atoms with Crippen LogP contribution in [0.3, 0.4) is 0 Å². The fourth-order valence-electron chi connectivity index (χ4n) is 4.05. The summed E-state index contributed by atoms with van der Waals surface area (Å²) in [7, 11) is 2.25. The molecule has 0 radical (unpaired) electrons. The molecule has 2 aliphatic heterocycles. The van der Waals surface area contributed by atoms with Crippen LogP contribution in [0, 0.1) is 11.7 Å². The van der Waals surface area contributed by atoms with Crippen LogP contribution >= 0.6 is 0 Å². The summed E-state index contributed by atoms with van der Waals surface area (Å²) in [6.07, 6.45) is 3.78. The van der Waals surface area contributed by atoms with Crippen LogP contribution in [0.25, 0.3) is 0 Å². The molecule has 2 saturated heterocycles. The maximum absolute atomic E-state index is 13.5. The van der Waals surface area contributed by atoms with Crippen molar-refractivity contribution >= 4 is 5.69 Å². The van der Waals surface area contributed by atoms with E-state index in [2.05, 4.69) is 16.8 Å². The standard InChI is InChI=1S/C17H26FN3/c1-12(19)15-10-14(18)5-6-17(15)21-9-7-16-13(11-21)4-3-8-20(16)2/h5-6,10,12-13,16H,3-4,7-9,11,19H2,1-2H3/t12-,13?,16?/m1/s1. The van der Waals surface area contributed by atoms with Crippen LogP contribution in [0.5, 0.6) is 0 Å². The number of nitrogens with zero attached hydrogens (tertiary/aromatic N) is 2. The highest BCUT2D eigenvalue weighted by Crippen LogP contribution is 2.34. The molecule has 0 spiro atoms. The van der Waals surface area contributed by atoms with Gasteiger partial charge in [0.15, 0.2) is 0 Å². The molecule has 2 heterocycles. The van der Waals surface area contributed by atoms with Gasteiger partial charge in [0.25, 0.3) is 0 Å². The molecule has 4 heteroatoms. The van der Waals surface area contributed by atoms with Gasteiger partial charge >= 0.3 is 0 Å². The Balaban J connectivity index is 1.82. The first kappa shape index (κ1) is 14.8. The number of hydrogen-bond donors (Lipinski definition) is 1. The van der Waals surface area contributed by atoms with E-state index in [0.29, 0.717) is 6.04 Å². The molecule has 0 bridgehead atoms. The molecule has 2 unspecified atom stereocenters. The van der Waals surface area contributed by atoms with Crippen molar-refractivity contribution in [2.24, 2.45) is 11.7 Å². The molecule has 2 N–H and O–H groups in total. The molecule has 3 rings (SSSR count). The van der Waals surface area contributed by atoms with Gasteiger partial charge in [0, 0.05) is 30.9 Å². The van der Waals surface area contributed by atoms with E-state index in [4.69, 9.17) is 5.73 Å². The van der Waals surface area contributed by atoms with Crippen molar-refractivity contribution in [1.82, 2.24) is 4.90 Å². The fourth-order valence-corrected chi connectivity index (χ4v) is 4.05. The van der Waals surface area contributed by atoms with E-state index in [1.165, 1.54) is 25.8 Å². The van der Waals surface area contributed by atoms with E-state index in [1.54, 1.807) is 12.1 Å². The van der Waals surface area contributed by atoms with Gasteiger partial charge in [0.05, 0.1) is 0 Å². The smallest absolute Gasteiger partial charge is 0.123 e. The second kappa shape index (κ2) is 5.93. The topological polar surface area (TPSA) is 32.5 Å². The Morgan fingerprint density at radius 3 is 2.86 bits per heavy atom. The van der Waals surface area contributed by atoms with Crippen LogP contribution in [-0.4, -0.2) is 37.6 Å². The molecule has 3 nitrogen and oxygen atoms in total.